The van der Waals surface area contributed by atoms with Crippen LogP contribution in [0.5, 0.6) is 5.75 Å². The Bertz CT molecular complexity index is 720. The third-order valence-electron chi connectivity index (χ3n) is 3.36. The molecule has 0 aromatic heterocycles. The molecule has 2 aromatic carbocycles. The van der Waals surface area contributed by atoms with E-state index in [0.717, 1.165) is 5.56 Å². The highest BCUT2D eigenvalue weighted by Gasteiger charge is 2.23. The van der Waals surface area contributed by atoms with E-state index in [1.807, 2.05) is 30.3 Å². The Balaban J connectivity index is 2.17. The first-order valence-electron chi connectivity index (χ1n) is 6.50. The molecule has 21 heavy (non-hydrogen) atoms. The Labute approximate surface area is 121 Å². The van der Waals surface area contributed by atoms with Crippen LogP contribution in [0.2, 0.25) is 0 Å². The van der Waals surface area contributed by atoms with Crippen LogP contribution < -0.4 is 4.74 Å². The molecule has 2 aromatic rings. The first-order chi connectivity index (χ1) is 10.2. The average Bonchev–Trinajstić information content (AvgIpc) is 2.54. The van der Waals surface area contributed by atoms with E-state index < -0.39 is 5.97 Å². The van der Waals surface area contributed by atoms with Gasteiger partial charge in [0.15, 0.2) is 0 Å². The zero-order chi connectivity index (χ0) is 14.8. The minimum atomic E-state index is -0.462. The highest BCUT2D eigenvalue weighted by molar-refractivity contribution is 5.93. The van der Waals surface area contributed by atoms with Crippen molar-refractivity contribution in [2.24, 2.45) is 0 Å². The molecule has 1 heterocycles. The lowest BCUT2D eigenvalue weighted by Gasteiger charge is -2.21. The lowest BCUT2D eigenvalue weighted by atomic mass is 9.93. The van der Waals surface area contributed by atoms with E-state index in [2.05, 4.69) is 0 Å². The van der Waals surface area contributed by atoms with Crippen molar-refractivity contribution >= 4 is 11.5 Å². The van der Waals surface area contributed by atoms with Gasteiger partial charge in [-0.2, -0.15) is 0 Å². The van der Waals surface area contributed by atoms with Crippen LogP contribution in [0.15, 0.2) is 54.4 Å². The van der Waals surface area contributed by atoms with Crippen LogP contribution in [0.4, 0.5) is 4.39 Å². The van der Waals surface area contributed by atoms with Crippen molar-refractivity contribution in [3.05, 3.63) is 71.0 Å². The van der Waals surface area contributed by atoms with Gasteiger partial charge < -0.3 is 9.47 Å². The predicted octanol–water partition coefficient (Wildman–Crippen LogP) is 3.59. The number of carbonyl (C=O) groups is 1. The van der Waals surface area contributed by atoms with Crippen molar-refractivity contribution in [3.63, 3.8) is 0 Å². The lowest BCUT2D eigenvalue weighted by Crippen LogP contribution is -2.11. The van der Waals surface area contributed by atoms with Gasteiger partial charge in [0.05, 0.1) is 12.7 Å². The van der Waals surface area contributed by atoms with Gasteiger partial charge in [-0.05, 0) is 23.8 Å². The Hall–Kier alpha value is -2.62. The Kier molecular flexibility index (Phi) is 3.44. The van der Waals surface area contributed by atoms with Crippen LogP contribution in [0.3, 0.4) is 0 Å². The van der Waals surface area contributed by atoms with Crippen LogP contribution in [0, 0.1) is 0 Å². The predicted molar refractivity (Wildman–Crippen MR) is 76.8 cm³/mol. The topological polar surface area (TPSA) is 35.5 Å². The maximum absolute atomic E-state index is 14.3. The first-order valence-corrected chi connectivity index (χ1v) is 6.50. The number of hydrogen-bond acceptors (Lipinski definition) is 3. The van der Waals surface area contributed by atoms with Crippen LogP contribution in [0.1, 0.15) is 21.5 Å². The molecule has 0 saturated heterocycles. The summed E-state index contributed by atoms with van der Waals surface area (Å²) in [5, 5.41) is 0. The fourth-order valence-electron chi connectivity index (χ4n) is 2.37. The maximum atomic E-state index is 14.3. The van der Waals surface area contributed by atoms with E-state index in [1.54, 1.807) is 18.2 Å². The summed E-state index contributed by atoms with van der Waals surface area (Å²) >= 11 is 0. The normalized spacial score (nSPS) is 13.4. The second-order valence-corrected chi connectivity index (χ2v) is 4.64. The molecule has 3 nitrogen and oxygen atoms in total. The second-order valence-electron chi connectivity index (χ2n) is 4.64. The molecule has 1 aliphatic rings. The third kappa shape index (κ3) is 2.40. The Morgan fingerprint density at radius 1 is 1.19 bits per heavy atom. The minimum Gasteiger partial charge on any atom is -0.486 e. The summed E-state index contributed by atoms with van der Waals surface area (Å²) in [6.45, 7) is -0.102. The third-order valence-corrected chi connectivity index (χ3v) is 3.36. The van der Waals surface area contributed by atoms with E-state index in [1.165, 1.54) is 7.11 Å². The molecule has 0 N–H and O–H groups in total. The molecule has 0 aliphatic carbocycles. The molecule has 0 fully saturated rings. The number of benzene rings is 2. The molecule has 1 aliphatic heterocycles. The zero-order valence-corrected chi connectivity index (χ0v) is 11.4. The van der Waals surface area contributed by atoms with Crippen molar-refractivity contribution in [2.75, 3.05) is 13.7 Å². The summed E-state index contributed by atoms with van der Waals surface area (Å²) in [6, 6.07) is 14.1. The van der Waals surface area contributed by atoms with Gasteiger partial charge in [-0.3, -0.25) is 0 Å². The molecule has 0 spiro atoms. The highest BCUT2D eigenvalue weighted by atomic mass is 19.1. The number of halogens is 1. The molecule has 0 atom stereocenters. The zero-order valence-electron chi connectivity index (χ0n) is 11.4. The van der Waals surface area contributed by atoms with Gasteiger partial charge in [0, 0.05) is 11.1 Å². The Morgan fingerprint density at radius 2 is 1.95 bits per heavy atom. The number of esters is 1. The van der Waals surface area contributed by atoms with Crippen molar-refractivity contribution in [1.82, 2.24) is 0 Å². The smallest absolute Gasteiger partial charge is 0.337 e. The highest BCUT2D eigenvalue weighted by Crippen LogP contribution is 2.38. The van der Waals surface area contributed by atoms with Gasteiger partial charge in [0.1, 0.15) is 18.2 Å². The van der Waals surface area contributed by atoms with Crippen molar-refractivity contribution in [2.45, 2.75) is 0 Å². The van der Waals surface area contributed by atoms with E-state index in [0.29, 0.717) is 22.4 Å². The Morgan fingerprint density at radius 3 is 2.67 bits per heavy atom. The van der Waals surface area contributed by atoms with E-state index in [4.69, 9.17) is 9.47 Å². The fraction of sp³-hybridized carbons (Fsp3) is 0.118. The van der Waals surface area contributed by atoms with Gasteiger partial charge in [-0.15, -0.1) is 0 Å². The van der Waals surface area contributed by atoms with E-state index >= 15 is 0 Å². The number of methoxy groups -OCH3 is 1. The van der Waals surface area contributed by atoms with Crippen LogP contribution >= 0.6 is 0 Å². The summed E-state index contributed by atoms with van der Waals surface area (Å²) in [6.07, 6.45) is 0. The molecular formula is C17H13FO3. The number of ether oxygens (including phenoxy) is 2. The standard InChI is InChI=1S/C17H13FO3/c1-20-17(19)12-7-8-15-13(9-12)16(14(18)10-21-15)11-5-3-2-4-6-11/h2-9H,10H2,1H3. The monoisotopic (exact) mass is 284 g/mol. The molecule has 0 radical (unpaired) electrons. The van der Waals surface area contributed by atoms with Crippen molar-refractivity contribution < 1.29 is 18.7 Å². The number of hydrogen-bond donors (Lipinski definition) is 0. The first kappa shape index (κ1) is 13.4. The van der Waals surface area contributed by atoms with Gasteiger partial charge in [0.2, 0.25) is 0 Å². The molecule has 4 heteroatoms. The quantitative estimate of drug-likeness (QED) is 0.790. The number of carbonyl (C=O) groups excluding carboxylic acids is 1. The maximum Gasteiger partial charge on any atom is 0.337 e. The van der Waals surface area contributed by atoms with Gasteiger partial charge in [-0.1, -0.05) is 30.3 Å². The van der Waals surface area contributed by atoms with Gasteiger partial charge in [0.25, 0.3) is 0 Å². The molecule has 106 valence electrons. The molecule has 0 unspecified atom stereocenters. The number of rotatable bonds is 2. The van der Waals surface area contributed by atoms with Crippen molar-refractivity contribution in [3.8, 4) is 5.75 Å². The van der Waals surface area contributed by atoms with E-state index in [-0.39, 0.29) is 12.4 Å². The summed E-state index contributed by atoms with van der Waals surface area (Å²) in [5.41, 5.74) is 2.14. The molecule has 0 bridgehead atoms. The summed E-state index contributed by atoms with van der Waals surface area (Å²) < 4.78 is 24.3. The number of fused-ring (bicyclic) bond motifs is 1. The van der Waals surface area contributed by atoms with Crippen LogP contribution in [0.25, 0.3) is 5.57 Å². The molecular weight excluding hydrogens is 271 g/mol. The summed E-state index contributed by atoms with van der Waals surface area (Å²) in [4.78, 5) is 11.7. The van der Waals surface area contributed by atoms with Crippen molar-refractivity contribution in [1.29, 1.82) is 0 Å². The molecule has 0 saturated carbocycles. The van der Waals surface area contributed by atoms with Crippen LogP contribution in [-0.4, -0.2) is 19.7 Å². The lowest BCUT2D eigenvalue weighted by molar-refractivity contribution is 0.0600. The SMILES string of the molecule is COC(=O)c1ccc2c(c1)C(c1ccccc1)=C(F)CO2. The van der Waals surface area contributed by atoms with Crippen LogP contribution in [-0.2, 0) is 4.74 Å². The average molecular weight is 284 g/mol. The fourth-order valence-corrected chi connectivity index (χ4v) is 2.37. The molecule has 0 amide bonds. The van der Waals surface area contributed by atoms with Gasteiger partial charge >= 0.3 is 5.97 Å². The van der Waals surface area contributed by atoms with E-state index in [9.17, 15) is 9.18 Å². The molecule has 3 rings (SSSR count). The summed E-state index contributed by atoms with van der Waals surface area (Å²) in [7, 11) is 1.31. The minimum absolute atomic E-state index is 0.102. The second kappa shape index (κ2) is 5.40. The summed E-state index contributed by atoms with van der Waals surface area (Å²) in [5.74, 6) is -0.255. The largest absolute Gasteiger partial charge is 0.486 e. The van der Waals surface area contributed by atoms with Gasteiger partial charge in [-0.25, -0.2) is 9.18 Å².